The van der Waals surface area contributed by atoms with Crippen LogP contribution >= 0.6 is 11.3 Å². The lowest BCUT2D eigenvalue weighted by Crippen LogP contribution is -2.09. The summed E-state index contributed by atoms with van der Waals surface area (Å²) in [6.07, 6.45) is 0.102. The van der Waals surface area contributed by atoms with E-state index in [9.17, 15) is 19.5 Å². The van der Waals surface area contributed by atoms with Crippen LogP contribution in [0, 0.1) is 0 Å². The molecule has 0 bridgehead atoms. The summed E-state index contributed by atoms with van der Waals surface area (Å²) >= 11 is 1.27. The molecule has 9 nitrogen and oxygen atoms in total. The van der Waals surface area contributed by atoms with E-state index in [0.717, 1.165) is 0 Å². The van der Waals surface area contributed by atoms with E-state index in [-0.39, 0.29) is 30.2 Å². The largest absolute Gasteiger partial charge is 0.493 e. The van der Waals surface area contributed by atoms with Gasteiger partial charge in [0.25, 0.3) is 5.56 Å². The molecule has 0 saturated carbocycles. The zero-order chi connectivity index (χ0) is 24.9. The van der Waals surface area contributed by atoms with Crippen molar-refractivity contribution in [1.82, 2.24) is 9.78 Å². The summed E-state index contributed by atoms with van der Waals surface area (Å²) in [4.78, 5) is 37.2. The Balaban J connectivity index is 1.55. The molecule has 0 aliphatic carbocycles. The minimum atomic E-state index is -0.494. The van der Waals surface area contributed by atoms with E-state index < -0.39 is 17.5 Å². The highest BCUT2D eigenvalue weighted by atomic mass is 32.1. The van der Waals surface area contributed by atoms with Crippen LogP contribution in [0.4, 0.5) is 0 Å². The van der Waals surface area contributed by atoms with Gasteiger partial charge in [0.2, 0.25) is 5.88 Å². The summed E-state index contributed by atoms with van der Waals surface area (Å²) in [7, 11) is 1.45. The van der Waals surface area contributed by atoms with Crippen molar-refractivity contribution in [1.29, 1.82) is 0 Å². The van der Waals surface area contributed by atoms with Crippen LogP contribution in [0.25, 0.3) is 5.69 Å². The molecule has 2 heterocycles. The molecular formula is C25H22N2O7S. The fraction of sp³-hybridized carbons (Fsp3) is 0.160. The van der Waals surface area contributed by atoms with E-state index in [1.165, 1.54) is 23.1 Å². The van der Waals surface area contributed by atoms with Crippen molar-refractivity contribution in [3.05, 3.63) is 91.9 Å². The zero-order valence-corrected chi connectivity index (χ0v) is 19.8. The number of carbonyl (C=O) groups excluding carboxylic acids is 2. The summed E-state index contributed by atoms with van der Waals surface area (Å²) in [5.41, 5.74) is 1.16. The predicted molar refractivity (Wildman–Crippen MR) is 129 cm³/mol. The molecule has 0 amide bonds. The van der Waals surface area contributed by atoms with Crippen LogP contribution in [0.3, 0.4) is 0 Å². The number of aromatic nitrogens is 2. The minimum Gasteiger partial charge on any atom is -0.493 e. The number of benzene rings is 2. The summed E-state index contributed by atoms with van der Waals surface area (Å²) in [5.74, 6) is -0.648. The van der Waals surface area contributed by atoms with Crippen molar-refractivity contribution >= 4 is 23.3 Å². The van der Waals surface area contributed by atoms with Crippen LogP contribution in [-0.4, -0.2) is 40.5 Å². The fourth-order valence-corrected chi connectivity index (χ4v) is 4.02. The van der Waals surface area contributed by atoms with Crippen LogP contribution in [0.5, 0.6) is 17.4 Å². The predicted octanol–water partition coefficient (Wildman–Crippen LogP) is 3.93. The second-order valence-corrected chi connectivity index (χ2v) is 8.32. The average Bonchev–Trinajstić information content (AvgIpc) is 3.50. The number of esters is 2. The van der Waals surface area contributed by atoms with E-state index in [4.69, 9.17) is 14.2 Å². The number of methoxy groups -OCH3 is 1. The summed E-state index contributed by atoms with van der Waals surface area (Å²) in [6.45, 7) is 1.98. The molecule has 4 aromatic rings. The number of aromatic amines is 1. The van der Waals surface area contributed by atoms with E-state index in [1.807, 2.05) is 0 Å². The molecule has 2 aromatic carbocycles. The lowest BCUT2D eigenvalue weighted by molar-refractivity contribution is 0.0526. The molecule has 4 rings (SSSR count). The maximum absolute atomic E-state index is 12.6. The molecule has 10 heteroatoms. The number of thiophene rings is 1. The average molecular weight is 495 g/mol. The smallest absolute Gasteiger partial charge is 0.353 e. The Kier molecular flexibility index (Phi) is 7.02. The van der Waals surface area contributed by atoms with E-state index in [2.05, 4.69) is 5.10 Å². The van der Waals surface area contributed by atoms with Crippen molar-refractivity contribution in [2.45, 2.75) is 13.3 Å². The third-order valence-electron chi connectivity index (χ3n) is 5.14. The summed E-state index contributed by atoms with van der Waals surface area (Å²) in [5, 5.41) is 15.1. The second-order valence-electron chi connectivity index (χ2n) is 7.37. The van der Waals surface area contributed by atoms with Crippen molar-refractivity contribution in [2.24, 2.45) is 0 Å². The number of aromatic hydroxyl groups is 1. The summed E-state index contributed by atoms with van der Waals surface area (Å²) < 4.78 is 17.0. The molecule has 0 radical (unpaired) electrons. The van der Waals surface area contributed by atoms with Gasteiger partial charge >= 0.3 is 11.9 Å². The molecule has 0 unspecified atom stereocenters. The molecule has 35 heavy (non-hydrogen) atoms. The Morgan fingerprint density at radius 1 is 1.06 bits per heavy atom. The van der Waals surface area contributed by atoms with Gasteiger partial charge < -0.3 is 19.3 Å². The van der Waals surface area contributed by atoms with Gasteiger partial charge in [-0.05, 0) is 60.3 Å². The quantitative estimate of drug-likeness (QED) is 0.281. The molecule has 0 fully saturated rings. The first kappa shape index (κ1) is 23.8. The van der Waals surface area contributed by atoms with Crippen LogP contribution in [-0.2, 0) is 11.2 Å². The van der Waals surface area contributed by atoms with Gasteiger partial charge in [-0.3, -0.25) is 9.89 Å². The normalized spacial score (nSPS) is 10.7. The van der Waals surface area contributed by atoms with Crippen molar-refractivity contribution in [3.8, 4) is 23.1 Å². The number of nitrogens with one attached hydrogen (secondary N) is 1. The standard InChI is InChI=1S/C25H22N2O7S/c1-3-33-24(30)16-7-9-17(10-8-16)27-23(29)18(22(28)26-27)13-15-6-11-19(20(14-15)32-2)34-25(31)21-5-4-12-35-21/h4-12,14,29H,3,13H2,1-2H3,(H,26,28). The second kappa shape index (κ2) is 10.3. The first-order valence-corrected chi connectivity index (χ1v) is 11.5. The van der Waals surface area contributed by atoms with Crippen LogP contribution in [0.15, 0.2) is 64.8 Å². The van der Waals surface area contributed by atoms with Gasteiger partial charge in [0.15, 0.2) is 11.5 Å². The Bertz CT molecular complexity index is 1400. The van der Waals surface area contributed by atoms with Crippen LogP contribution < -0.4 is 15.0 Å². The van der Waals surface area contributed by atoms with Crippen molar-refractivity contribution in [3.63, 3.8) is 0 Å². The van der Waals surface area contributed by atoms with Crippen molar-refractivity contribution in [2.75, 3.05) is 13.7 Å². The van der Waals surface area contributed by atoms with Crippen LogP contribution in [0.1, 0.15) is 38.1 Å². The lowest BCUT2D eigenvalue weighted by Gasteiger charge is -2.10. The molecule has 0 aliphatic rings. The molecule has 0 aliphatic heterocycles. The fourth-order valence-electron chi connectivity index (χ4n) is 3.42. The number of hydrogen-bond donors (Lipinski definition) is 2. The SMILES string of the molecule is CCOC(=O)c1ccc(-n2[nH]c(=O)c(Cc3ccc(OC(=O)c4cccs4)c(OC)c3)c2O)cc1. The van der Waals surface area contributed by atoms with E-state index >= 15 is 0 Å². The highest BCUT2D eigenvalue weighted by Crippen LogP contribution is 2.31. The molecule has 2 N–H and O–H groups in total. The lowest BCUT2D eigenvalue weighted by atomic mass is 10.1. The molecular weight excluding hydrogens is 472 g/mol. The first-order valence-electron chi connectivity index (χ1n) is 10.6. The molecule has 180 valence electrons. The Morgan fingerprint density at radius 2 is 1.83 bits per heavy atom. The molecule has 0 saturated heterocycles. The number of hydrogen-bond acceptors (Lipinski definition) is 8. The number of nitrogens with zero attached hydrogens (tertiary/aromatic N) is 1. The van der Waals surface area contributed by atoms with Gasteiger partial charge in [-0.25, -0.2) is 14.3 Å². The first-order chi connectivity index (χ1) is 16.9. The summed E-state index contributed by atoms with van der Waals surface area (Å²) in [6, 6.07) is 14.6. The Morgan fingerprint density at radius 3 is 2.49 bits per heavy atom. The topological polar surface area (TPSA) is 120 Å². The van der Waals surface area contributed by atoms with E-state index in [1.54, 1.807) is 66.9 Å². The third-order valence-corrected chi connectivity index (χ3v) is 5.99. The van der Waals surface area contributed by atoms with Crippen molar-refractivity contribution < 1.29 is 28.9 Å². The Hall–Kier alpha value is -4.31. The Labute approximate surface area is 204 Å². The maximum atomic E-state index is 12.6. The highest BCUT2D eigenvalue weighted by Gasteiger charge is 2.18. The minimum absolute atomic E-state index is 0.102. The number of H-pyrrole nitrogens is 1. The van der Waals surface area contributed by atoms with E-state index in [0.29, 0.717) is 27.4 Å². The molecule has 2 aromatic heterocycles. The van der Waals surface area contributed by atoms with Gasteiger partial charge in [-0.15, -0.1) is 11.3 Å². The van der Waals surface area contributed by atoms with Gasteiger partial charge in [-0.1, -0.05) is 12.1 Å². The van der Waals surface area contributed by atoms with Gasteiger partial charge in [0.1, 0.15) is 4.88 Å². The maximum Gasteiger partial charge on any atom is 0.353 e. The third kappa shape index (κ3) is 5.12. The monoisotopic (exact) mass is 494 g/mol. The number of rotatable bonds is 8. The van der Waals surface area contributed by atoms with Gasteiger partial charge in [0.05, 0.1) is 30.5 Å². The van der Waals surface area contributed by atoms with Crippen LogP contribution in [0.2, 0.25) is 0 Å². The van der Waals surface area contributed by atoms with Gasteiger partial charge in [0, 0.05) is 6.42 Å². The molecule has 0 spiro atoms. The highest BCUT2D eigenvalue weighted by molar-refractivity contribution is 7.12. The zero-order valence-electron chi connectivity index (χ0n) is 18.9. The molecule has 0 atom stereocenters. The van der Waals surface area contributed by atoms with Gasteiger partial charge in [-0.2, -0.15) is 0 Å². The number of ether oxygens (including phenoxy) is 3. The number of carbonyl (C=O) groups is 2.